The summed E-state index contributed by atoms with van der Waals surface area (Å²) in [4.78, 5) is 56.7. The SMILES string of the molecule is NC(=O)c1c(C(=O)c2ccccc2)ncc(C(=O)c2ccccc2)c1C(=O)c1ccccc1. The van der Waals surface area contributed by atoms with Crippen molar-refractivity contribution in [2.24, 2.45) is 5.73 Å². The lowest BCUT2D eigenvalue weighted by atomic mass is 9.88. The maximum Gasteiger partial charge on any atom is 0.251 e. The van der Waals surface area contributed by atoms with Crippen LogP contribution in [0.4, 0.5) is 0 Å². The summed E-state index contributed by atoms with van der Waals surface area (Å²) in [6.45, 7) is 0. The second-order valence-electron chi connectivity index (χ2n) is 7.22. The Labute approximate surface area is 189 Å². The van der Waals surface area contributed by atoms with E-state index in [9.17, 15) is 19.2 Å². The molecular weight excluding hydrogens is 416 g/mol. The Balaban J connectivity index is 1.99. The number of nitrogens with two attached hydrogens (primary N) is 1. The molecule has 0 unspecified atom stereocenters. The molecule has 160 valence electrons. The second-order valence-corrected chi connectivity index (χ2v) is 7.22. The molecule has 1 aromatic heterocycles. The van der Waals surface area contributed by atoms with Crippen LogP contribution in [-0.2, 0) is 0 Å². The fraction of sp³-hybridized carbons (Fsp3) is 0. The summed E-state index contributed by atoms with van der Waals surface area (Å²) in [7, 11) is 0. The van der Waals surface area contributed by atoms with Gasteiger partial charge in [0.25, 0.3) is 5.91 Å². The summed E-state index contributed by atoms with van der Waals surface area (Å²) < 4.78 is 0. The Morgan fingerprint density at radius 3 is 1.42 bits per heavy atom. The van der Waals surface area contributed by atoms with E-state index in [4.69, 9.17) is 5.73 Å². The van der Waals surface area contributed by atoms with Gasteiger partial charge in [0, 0.05) is 22.9 Å². The number of primary amides is 1. The summed E-state index contributed by atoms with van der Waals surface area (Å²) in [6, 6.07) is 24.7. The third-order valence-electron chi connectivity index (χ3n) is 5.12. The van der Waals surface area contributed by atoms with Crippen molar-refractivity contribution in [2.45, 2.75) is 0 Å². The van der Waals surface area contributed by atoms with Crippen LogP contribution in [0.5, 0.6) is 0 Å². The highest BCUT2D eigenvalue weighted by molar-refractivity contribution is 6.26. The number of carbonyl (C=O) groups excluding carboxylic acids is 4. The lowest BCUT2D eigenvalue weighted by Gasteiger charge is -2.15. The van der Waals surface area contributed by atoms with Crippen molar-refractivity contribution in [3.05, 3.63) is 136 Å². The van der Waals surface area contributed by atoms with Crippen LogP contribution in [0.15, 0.2) is 97.2 Å². The van der Waals surface area contributed by atoms with E-state index >= 15 is 0 Å². The van der Waals surface area contributed by atoms with Crippen LogP contribution in [-0.4, -0.2) is 28.2 Å². The van der Waals surface area contributed by atoms with E-state index in [0.29, 0.717) is 5.56 Å². The van der Waals surface area contributed by atoms with Crippen molar-refractivity contribution in [1.82, 2.24) is 4.98 Å². The number of rotatable bonds is 7. The van der Waals surface area contributed by atoms with Gasteiger partial charge in [-0.1, -0.05) is 91.0 Å². The zero-order chi connectivity index (χ0) is 23.4. The van der Waals surface area contributed by atoms with Gasteiger partial charge in [-0.05, 0) is 0 Å². The first-order chi connectivity index (χ1) is 16.0. The monoisotopic (exact) mass is 434 g/mol. The molecule has 0 saturated carbocycles. The van der Waals surface area contributed by atoms with E-state index in [1.807, 2.05) is 0 Å². The molecule has 0 atom stereocenters. The predicted molar refractivity (Wildman–Crippen MR) is 122 cm³/mol. The van der Waals surface area contributed by atoms with Crippen LogP contribution in [0.3, 0.4) is 0 Å². The van der Waals surface area contributed by atoms with Gasteiger partial charge in [0.1, 0.15) is 5.69 Å². The van der Waals surface area contributed by atoms with E-state index in [0.717, 1.165) is 6.20 Å². The lowest BCUT2D eigenvalue weighted by Crippen LogP contribution is -2.26. The summed E-state index contributed by atoms with van der Waals surface area (Å²) in [6.07, 6.45) is 1.16. The number of amides is 1. The molecule has 2 N–H and O–H groups in total. The smallest absolute Gasteiger partial charge is 0.251 e. The Morgan fingerprint density at radius 1 is 0.545 bits per heavy atom. The summed E-state index contributed by atoms with van der Waals surface area (Å²) in [5, 5.41) is 0. The molecule has 0 spiro atoms. The van der Waals surface area contributed by atoms with Crippen molar-refractivity contribution in [3.8, 4) is 0 Å². The first-order valence-electron chi connectivity index (χ1n) is 10.1. The molecular formula is C27H18N2O4. The number of benzene rings is 3. The quantitative estimate of drug-likeness (QED) is 0.444. The summed E-state index contributed by atoms with van der Waals surface area (Å²) in [5.74, 6) is -2.72. The minimum atomic E-state index is -1.02. The minimum Gasteiger partial charge on any atom is -0.366 e. The van der Waals surface area contributed by atoms with Crippen LogP contribution in [0.2, 0.25) is 0 Å². The lowest BCUT2D eigenvalue weighted by molar-refractivity contribution is 0.0962. The van der Waals surface area contributed by atoms with E-state index < -0.39 is 23.3 Å². The average molecular weight is 434 g/mol. The average Bonchev–Trinajstić information content (AvgIpc) is 2.88. The third kappa shape index (κ3) is 4.22. The number of hydrogen-bond acceptors (Lipinski definition) is 5. The molecule has 0 aliphatic heterocycles. The number of ketones is 3. The van der Waals surface area contributed by atoms with Crippen LogP contribution >= 0.6 is 0 Å². The molecule has 4 rings (SSSR count). The molecule has 3 aromatic carbocycles. The van der Waals surface area contributed by atoms with Gasteiger partial charge in [0.05, 0.1) is 16.7 Å². The zero-order valence-electron chi connectivity index (χ0n) is 17.4. The van der Waals surface area contributed by atoms with Crippen LogP contribution < -0.4 is 5.73 Å². The minimum absolute atomic E-state index is 0.103. The summed E-state index contributed by atoms with van der Waals surface area (Å²) in [5.41, 5.74) is 5.48. The van der Waals surface area contributed by atoms with Gasteiger partial charge in [0.2, 0.25) is 5.78 Å². The largest absolute Gasteiger partial charge is 0.366 e. The molecule has 1 amide bonds. The fourth-order valence-electron chi connectivity index (χ4n) is 3.54. The van der Waals surface area contributed by atoms with Crippen molar-refractivity contribution in [3.63, 3.8) is 0 Å². The number of aromatic nitrogens is 1. The molecule has 0 radical (unpaired) electrons. The van der Waals surface area contributed by atoms with E-state index in [2.05, 4.69) is 4.98 Å². The Bertz CT molecular complexity index is 1370. The highest BCUT2D eigenvalue weighted by atomic mass is 16.2. The van der Waals surface area contributed by atoms with Crippen LogP contribution in [0, 0.1) is 0 Å². The van der Waals surface area contributed by atoms with Gasteiger partial charge in [-0.15, -0.1) is 0 Å². The highest BCUT2D eigenvalue weighted by Gasteiger charge is 2.31. The molecule has 0 bridgehead atoms. The van der Waals surface area contributed by atoms with Crippen LogP contribution in [0.1, 0.15) is 58.3 Å². The topological polar surface area (TPSA) is 107 Å². The number of carbonyl (C=O) groups is 4. The van der Waals surface area contributed by atoms with Crippen LogP contribution in [0.25, 0.3) is 0 Å². The molecule has 1 heterocycles. The van der Waals surface area contributed by atoms with E-state index in [1.165, 1.54) is 0 Å². The maximum atomic E-state index is 13.5. The normalized spacial score (nSPS) is 10.4. The van der Waals surface area contributed by atoms with Crippen molar-refractivity contribution >= 4 is 23.3 Å². The highest BCUT2D eigenvalue weighted by Crippen LogP contribution is 2.25. The number of nitrogens with zero attached hydrogens (tertiary/aromatic N) is 1. The van der Waals surface area contributed by atoms with Gasteiger partial charge in [-0.25, -0.2) is 0 Å². The van der Waals surface area contributed by atoms with Gasteiger partial charge in [-0.2, -0.15) is 0 Å². The van der Waals surface area contributed by atoms with Gasteiger partial charge in [-0.3, -0.25) is 24.2 Å². The number of pyridine rings is 1. The Hall–Kier alpha value is -4.71. The van der Waals surface area contributed by atoms with Crippen molar-refractivity contribution in [1.29, 1.82) is 0 Å². The van der Waals surface area contributed by atoms with Gasteiger partial charge in [0.15, 0.2) is 11.6 Å². The molecule has 6 heteroatoms. The molecule has 4 aromatic rings. The standard InChI is InChI=1S/C27H18N2O4/c28-27(33)22-21(25(31)18-12-6-2-7-13-18)20(24(30)17-10-4-1-5-11-17)16-29-23(22)26(32)19-14-8-3-9-15-19/h1-16H,(H2,28,33). The molecule has 6 nitrogen and oxygen atoms in total. The summed E-state index contributed by atoms with van der Waals surface area (Å²) >= 11 is 0. The predicted octanol–water partition coefficient (Wildman–Crippen LogP) is 3.87. The molecule has 0 aliphatic rings. The first kappa shape index (κ1) is 21.5. The van der Waals surface area contributed by atoms with E-state index in [-0.39, 0.29) is 33.5 Å². The van der Waals surface area contributed by atoms with E-state index in [1.54, 1.807) is 91.0 Å². The van der Waals surface area contributed by atoms with Gasteiger partial charge >= 0.3 is 0 Å². The Morgan fingerprint density at radius 2 is 0.970 bits per heavy atom. The zero-order valence-corrected chi connectivity index (χ0v) is 17.4. The fourth-order valence-corrected chi connectivity index (χ4v) is 3.54. The number of hydrogen-bond donors (Lipinski definition) is 1. The molecule has 33 heavy (non-hydrogen) atoms. The van der Waals surface area contributed by atoms with Gasteiger partial charge < -0.3 is 5.73 Å². The molecule has 0 saturated heterocycles. The molecule has 0 aliphatic carbocycles. The first-order valence-corrected chi connectivity index (χ1v) is 10.1. The van der Waals surface area contributed by atoms with Crippen molar-refractivity contribution < 1.29 is 19.2 Å². The second kappa shape index (κ2) is 9.20. The maximum absolute atomic E-state index is 13.5. The third-order valence-corrected chi connectivity index (χ3v) is 5.12. The molecule has 0 fully saturated rings. The Kier molecular flexibility index (Phi) is 6.00. The van der Waals surface area contributed by atoms with Crippen molar-refractivity contribution in [2.75, 3.05) is 0 Å².